The van der Waals surface area contributed by atoms with Crippen molar-refractivity contribution in [1.29, 1.82) is 5.41 Å². The van der Waals surface area contributed by atoms with Crippen molar-refractivity contribution in [2.45, 2.75) is 24.0 Å². The molecule has 20 heavy (non-hydrogen) atoms. The summed E-state index contributed by atoms with van der Waals surface area (Å²) in [4.78, 5) is 4.63. The van der Waals surface area contributed by atoms with Crippen LogP contribution < -0.4 is 5.73 Å². The number of nitrogen functional groups attached to an aromatic ring is 1. The minimum Gasteiger partial charge on any atom is -0.384 e. The summed E-state index contributed by atoms with van der Waals surface area (Å²) in [5.74, 6) is 0.991. The predicted octanol–water partition coefficient (Wildman–Crippen LogP) is 2.79. The first-order valence-electron chi connectivity index (χ1n) is 6.72. The molecule has 1 aliphatic heterocycles. The number of para-hydroxylation sites is 1. The van der Waals surface area contributed by atoms with Crippen LogP contribution in [0.3, 0.4) is 0 Å². The predicted molar refractivity (Wildman–Crippen MR) is 82.5 cm³/mol. The molecule has 1 atom stereocenters. The van der Waals surface area contributed by atoms with E-state index in [9.17, 15) is 0 Å². The van der Waals surface area contributed by atoms with Crippen LogP contribution in [0.1, 0.15) is 18.4 Å². The molecule has 0 aliphatic carbocycles. The Balaban J connectivity index is 1.88. The lowest BCUT2D eigenvalue weighted by atomic mass is 10.1. The van der Waals surface area contributed by atoms with E-state index < -0.39 is 0 Å². The number of benzene rings is 1. The molecular formula is C15H17N3OS. The molecule has 1 saturated heterocycles. The van der Waals surface area contributed by atoms with Crippen LogP contribution in [0.15, 0.2) is 35.4 Å². The normalized spacial score (nSPS) is 18.5. The van der Waals surface area contributed by atoms with E-state index in [1.165, 1.54) is 0 Å². The van der Waals surface area contributed by atoms with Crippen molar-refractivity contribution >= 4 is 28.5 Å². The van der Waals surface area contributed by atoms with Gasteiger partial charge in [-0.1, -0.05) is 18.2 Å². The SMILES string of the molecule is N=C(N)c1cc(SCC2CCCO2)nc2ccccc12. The van der Waals surface area contributed by atoms with Crippen LogP contribution in [0.4, 0.5) is 0 Å². The van der Waals surface area contributed by atoms with Crippen molar-refractivity contribution in [3.05, 3.63) is 35.9 Å². The van der Waals surface area contributed by atoms with E-state index >= 15 is 0 Å². The zero-order valence-corrected chi connectivity index (χ0v) is 12.0. The Hall–Kier alpha value is -1.59. The molecule has 1 unspecified atom stereocenters. The van der Waals surface area contributed by atoms with Gasteiger partial charge >= 0.3 is 0 Å². The van der Waals surface area contributed by atoms with E-state index in [0.29, 0.717) is 6.10 Å². The number of aromatic nitrogens is 1. The van der Waals surface area contributed by atoms with Crippen LogP contribution >= 0.6 is 11.8 Å². The standard InChI is InChI=1S/C15H17N3OS/c16-15(17)12-8-14(20-9-10-4-3-7-19-10)18-13-6-2-1-5-11(12)13/h1-2,5-6,8,10H,3-4,7,9H2,(H3,16,17). The van der Waals surface area contributed by atoms with Gasteiger partial charge in [-0.05, 0) is 25.0 Å². The molecule has 0 bridgehead atoms. The van der Waals surface area contributed by atoms with Crippen molar-refractivity contribution in [2.24, 2.45) is 5.73 Å². The van der Waals surface area contributed by atoms with E-state index in [2.05, 4.69) is 4.98 Å². The number of thioether (sulfide) groups is 1. The molecule has 104 valence electrons. The minimum absolute atomic E-state index is 0.0857. The molecule has 2 aromatic rings. The third kappa shape index (κ3) is 2.78. The largest absolute Gasteiger partial charge is 0.384 e. The van der Waals surface area contributed by atoms with Crippen molar-refractivity contribution in [3.8, 4) is 0 Å². The van der Waals surface area contributed by atoms with Gasteiger partial charge in [-0.3, -0.25) is 5.41 Å². The van der Waals surface area contributed by atoms with Gasteiger partial charge in [-0.2, -0.15) is 0 Å². The number of nitrogens with two attached hydrogens (primary N) is 1. The molecule has 0 radical (unpaired) electrons. The van der Waals surface area contributed by atoms with Crippen LogP contribution in [0.25, 0.3) is 10.9 Å². The van der Waals surface area contributed by atoms with E-state index in [4.69, 9.17) is 15.9 Å². The summed E-state index contributed by atoms with van der Waals surface area (Å²) in [5.41, 5.74) is 7.33. The van der Waals surface area contributed by atoms with E-state index in [1.807, 2.05) is 30.3 Å². The summed E-state index contributed by atoms with van der Waals surface area (Å²) in [6.45, 7) is 0.870. The molecule has 0 saturated carbocycles. The van der Waals surface area contributed by atoms with Crippen molar-refractivity contribution in [3.63, 3.8) is 0 Å². The highest BCUT2D eigenvalue weighted by molar-refractivity contribution is 7.99. The molecule has 1 aromatic carbocycles. The van der Waals surface area contributed by atoms with Gasteiger partial charge in [0.2, 0.25) is 0 Å². The molecule has 2 heterocycles. The summed E-state index contributed by atoms with van der Waals surface area (Å²) in [6.07, 6.45) is 2.60. The topological polar surface area (TPSA) is 72.0 Å². The van der Waals surface area contributed by atoms with Crippen LogP contribution in [0, 0.1) is 5.41 Å². The Labute approximate surface area is 122 Å². The molecular weight excluding hydrogens is 270 g/mol. The lowest BCUT2D eigenvalue weighted by Crippen LogP contribution is -2.12. The molecule has 3 N–H and O–H groups in total. The summed E-state index contributed by atoms with van der Waals surface area (Å²) in [5, 5.41) is 9.57. The number of hydrogen-bond donors (Lipinski definition) is 2. The van der Waals surface area contributed by atoms with Gasteiger partial charge in [0, 0.05) is 23.3 Å². The molecule has 5 heteroatoms. The number of amidine groups is 1. The number of pyridine rings is 1. The van der Waals surface area contributed by atoms with Gasteiger partial charge < -0.3 is 10.5 Å². The van der Waals surface area contributed by atoms with E-state index in [1.54, 1.807) is 11.8 Å². The average Bonchev–Trinajstić information content (AvgIpc) is 2.97. The smallest absolute Gasteiger partial charge is 0.123 e. The van der Waals surface area contributed by atoms with Gasteiger partial charge in [0.1, 0.15) is 5.84 Å². The van der Waals surface area contributed by atoms with Crippen LogP contribution in [-0.4, -0.2) is 29.3 Å². The summed E-state index contributed by atoms with van der Waals surface area (Å²) >= 11 is 1.68. The van der Waals surface area contributed by atoms with E-state index in [0.717, 1.165) is 46.7 Å². The monoisotopic (exact) mass is 287 g/mol. The van der Waals surface area contributed by atoms with Gasteiger partial charge in [0.15, 0.2) is 0 Å². The van der Waals surface area contributed by atoms with Crippen LogP contribution in [0.2, 0.25) is 0 Å². The second-order valence-electron chi connectivity index (χ2n) is 4.88. The fourth-order valence-corrected chi connectivity index (χ4v) is 3.39. The van der Waals surface area contributed by atoms with Crippen LogP contribution in [0.5, 0.6) is 0 Å². The molecule has 0 spiro atoms. The Morgan fingerprint density at radius 2 is 2.30 bits per heavy atom. The number of ether oxygens (including phenoxy) is 1. The zero-order chi connectivity index (χ0) is 13.9. The number of nitrogens with one attached hydrogen (secondary N) is 1. The highest BCUT2D eigenvalue weighted by Crippen LogP contribution is 2.26. The summed E-state index contributed by atoms with van der Waals surface area (Å²) in [6, 6.07) is 9.71. The quantitative estimate of drug-likeness (QED) is 0.515. The maximum Gasteiger partial charge on any atom is 0.123 e. The number of hydrogen-bond acceptors (Lipinski definition) is 4. The summed E-state index contributed by atoms with van der Waals surface area (Å²) < 4.78 is 5.62. The van der Waals surface area contributed by atoms with Gasteiger partial charge in [0.05, 0.1) is 16.6 Å². The fraction of sp³-hybridized carbons (Fsp3) is 0.333. The third-order valence-corrected chi connectivity index (χ3v) is 4.47. The molecule has 0 amide bonds. The van der Waals surface area contributed by atoms with Crippen molar-refractivity contribution in [1.82, 2.24) is 4.98 Å². The third-order valence-electron chi connectivity index (χ3n) is 3.42. The lowest BCUT2D eigenvalue weighted by Gasteiger charge is -2.10. The summed E-state index contributed by atoms with van der Waals surface area (Å²) in [7, 11) is 0. The molecule has 4 nitrogen and oxygen atoms in total. The fourth-order valence-electron chi connectivity index (χ4n) is 2.40. The second-order valence-corrected chi connectivity index (χ2v) is 5.93. The Morgan fingerprint density at radius 1 is 1.45 bits per heavy atom. The first-order valence-corrected chi connectivity index (χ1v) is 7.71. The molecule has 1 aromatic heterocycles. The highest BCUT2D eigenvalue weighted by atomic mass is 32.2. The highest BCUT2D eigenvalue weighted by Gasteiger charge is 2.16. The minimum atomic E-state index is 0.0857. The first-order chi connectivity index (χ1) is 9.74. The lowest BCUT2D eigenvalue weighted by molar-refractivity contribution is 0.129. The Bertz CT molecular complexity index is 638. The molecule has 1 fully saturated rings. The van der Waals surface area contributed by atoms with Crippen molar-refractivity contribution < 1.29 is 4.74 Å². The second kappa shape index (κ2) is 5.81. The Kier molecular flexibility index (Phi) is 3.89. The maximum atomic E-state index is 7.73. The zero-order valence-electron chi connectivity index (χ0n) is 11.1. The average molecular weight is 287 g/mol. The van der Waals surface area contributed by atoms with E-state index in [-0.39, 0.29) is 5.84 Å². The first kappa shape index (κ1) is 13.4. The van der Waals surface area contributed by atoms with Gasteiger partial charge in [-0.25, -0.2) is 4.98 Å². The maximum absolute atomic E-state index is 7.73. The molecule has 1 aliphatic rings. The number of fused-ring (bicyclic) bond motifs is 1. The van der Waals surface area contributed by atoms with Gasteiger partial charge in [-0.15, -0.1) is 11.8 Å². The van der Waals surface area contributed by atoms with Crippen LogP contribution in [-0.2, 0) is 4.74 Å². The number of rotatable bonds is 4. The van der Waals surface area contributed by atoms with Gasteiger partial charge in [0.25, 0.3) is 0 Å². The van der Waals surface area contributed by atoms with Crippen molar-refractivity contribution in [2.75, 3.05) is 12.4 Å². The molecule has 3 rings (SSSR count). The Morgan fingerprint density at radius 3 is 3.05 bits per heavy atom. The number of nitrogens with zero attached hydrogens (tertiary/aromatic N) is 1.